The Morgan fingerprint density at radius 3 is 2.17 bits per heavy atom. The van der Waals surface area contributed by atoms with Gasteiger partial charge in [-0.2, -0.15) is 5.10 Å². The van der Waals surface area contributed by atoms with Crippen LogP contribution in [-0.2, 0) is 13.6 Å². The van der Waals surface area contributed by atoms with Crippen molar-refractivity contribution in [2.75, 3.05) is 12.4 Å². The first-order chi connectivity index (χ1) is 10.4. The number of nitrogens with one attached hydrogen (secondary N) is 1. The first-order valence-corrected chi connectivity index (χ1v) is 7.44. The van der Waals surface area contributed by atoms with E-state index in [0.717, 1.165) is 22.7 Å². The fourth-order valence-corrected chi connectivity index (χ4v) is 1.74. The van der Waals surface area contributed by atoms with Crippen LogP contribution in [0.4, 0.5) is 5.69 Å². The summed E-state index contributed by atoms with van der Waals surface area (Å²) in [6, 6.07) is 9.57. The molecular weight excluding hydrogens is 312 g/mol. The molecule has 0 aliphatic carbocycles. The minimum Gasteiger partial charge on any atom is -0.384 e. The van der Waals surface area contributed by atoms with Crippen LogP contribution in [0.1, 0.15) is 26.3 Å². The van der Waals surface area contributed by atoms with Gasteiger partial charge in [-0.15, -0.1) is 12.4 Å². The average Bonchev–Trinajstić information content (AvgIpc) is 2.49. The summed E-state index contributed by atoms with van der Waals surface area (Å²) in [5, 5.41) is 7.12. The highest BCUT2D eigenvalue weighted by molar-refractivity contribution is 5.85. The summed E-state index contributed by atoms with van der Waals surface area (Å²) in [6.07, 6.45) is 0. The molecule has 0 aliphatic heterocycles. The van der Waals surface area contributed by atoms with Crippen LogP contribution in [0.2, 0.25) is 0 Å². The van der Waals surface area contributed by atoms with Gasteiger partial charge in [0, 0.05) is 26.2 Å². The predicted molar refractivity (Wildman–Crippen MR) is 100 cm³/mol. The maximum Gasteiger partial charge on any atom is 0.289 e. The van der Waals surface area contributed by atoms with Gasteiger partial charge >= 0.3 is 0 Å². The van der Waals surface area contributed by atoms with Gasteiger partial charge in [-0.3, -0.25) is 4.79 Å². The Balaban J connectivity index is 0.000000871. The molecule has 6 heteroatoms. The molecule has 3 N–H and O–H groups in total. The predicted octanol–water partition coefficient (Wildman–Crippen LogP) is 3.03. The smallest absolute Gasteiger partial charge is 0.289 e. The topological polar surface area (TPSA) is 72.9 Å². The highest BCUT2D eigenvalue weighted by Gasteiger charge is 2.06. The van der Waals surface area contributed by atoms with Crippen LogP contribution in [0.3, 0.4) is 0 Å². The third-order valence-electron chi connectivity index (χ3n) is 2.82. The van der Waals surface area contributed by atoms with Gasteiger partial charge in [0.05, 0.1) is 5.69 Å². The molecule has 0 saturated heterocycles. The number of nitrogens with zero attached hydrogens (tertiary/aromatic N) is 2. The lowest BCUT2D eigenvalue weighted by molar-refractivity contribution is 0.714. The fourth-order valence-electron chi connectivity index (χ4n) is 1.74. The molecule has 23 heavy (non-hydrogen) atoms. The number of nitrogens with two attached hydrogens (primary N) is 1. The maximum absolute atomic E-state index is 11.7. The Labute approximate surface area is 144 Å². The molecular formula is C17H27ClN4O. The molecule has 0 amide bonds. The molecule has 1 aromatic carbocycles. The van der Waals surface area contributed by atoms with E-state index in [1.54, 1.807) is 20.2 Å². The van der Waals surface area contributed by atoms with Crippen LogP contribution in [0.25, 0.3) is 11.3 Å². The average molecular weight is 339 g/mol. The Morgan fingerprint density at radius 2 is 1.74 bits per heavy atom. The molecule has 0 radical (unpaired) electrons. The highest BCUT2D eigenvalue weighted by atomic mass is 35.5. The quantitative estimate of drug-likeness (QED) is 0.902. The number of hydrogen-bond donors (Lipinski definition) is 2. The molecule has 0 atom stereocenters. The summed E-state index contributed by atoms with van der Waals surface area (Å²) in [5.74, 6) is 0.833. The molecule has 1 heterocycles. The van der Waals surface area contributed by atoms with E-state index in [0.29, 0.717) is 12.2 Å². The zero-order chi connectivity index (χ0) is 16.7. The van der Waals surface area contributed by atoms with E-state index in [1.165, 1.54) is 4.68 Å². The van der Waals surface area contributed by atoms with E-state index in [4.69, 9.17) is 5.73 Å². The molecule has 0 unspecified atom stereocenters. The first kappa shape index (κ1) is 21.1. The summed E-state index contributed by atoms with van der Waals surface area (Å²) in [5.41, 5.74) is 8.73. The van der Waals surface area contributed by atoms with E-state index in [1.807, 2.05) is 24.3 Å². The Morgan fingerprint density at radius 1 is 1.22 bits per heavy atom. The third-order valence-corrected chi connectivity index (χ3v) is 2.82. The van der Waals surface area contributed by atoms with Crippen LogP contribution in [0.15, 0.2) is 35.1 Å². The minimum atomic E-state index is -0.139. The largest absolute Gasteiger partial charge is 0.384 e. The third kappa shape index (κ3) is 6.42. The van der Waals surface area contributed by atoms with Gasteiger partial charge in [0.25, 0.3) is 5.56 Å². The van der Waals surface area contributed by atoms with Crippen molar-refractivity contribution in [3.8, 4) is 11.3 Å². The number of aromatic nitrogens is 2. The SMILES string of the molecule is CC(C)C.CNc1cc(-c2ccc(CN)cc2)nn(C)c1=O.Cl. The molecule has 0 spiro atoms. The van der Waals surface area contributed by atoms with Gasteiger partial charge in [-0.05, 0) is 17.5 Å². The fraction of sp³-hybridized carbons (Fsp3) is 0.412. The number of aryl methyl sites for hydroxylation is 1. The second-order valence-electron chi connectivity index (χ2n) is 5.76. The van der Waals surface area contributed by atoms with Crippen molar-refractivity contribution >= 4 is 18.1 Å². The Kier molecular flexibility index (Phi) is 9.22. The number of rotatable bonds is 3. The van der Waals surface area contributed by atoms with E-state index in [-0.39, 0.29) is 18.0 Å². The van der Waals surface area contributed by atoms with Gasteiger partial charge in [0.2, 0.25) is 0 Å². The Bertz CT molecular complexity index is 648. The molecule has 2 aromatic rings. The standard InChI is InChI=1S/C13H16N4O.C4H10.ClH/c1-15-12-7-11(16-17(2)13(12)18)10-5-3-9(8-14)4-6-10;1-4(2)3;/h3-7,15H,8,14H2,1-2H3;4H,1-3H3;1H. The summed E-state index contributed by atoms with van der Waals surface area (Å²) < 4.78 is 1.33. The molecule has 0 bridgehead atoms. The van der Waals surface area contributed by atoms with Crippen LogP contribution in [0, 0.1) is 5.92 Å². The molecule has 2 rings (SSSR count). The minimum absolute atomic E-state index is 0. The van der Waals surface area contributed by atoms with Crippen LogP contribution < -0.4 is 16.6 Å². The van der Waals surface area contributed by atoms with Gasteiger partial charge < -0.3 is 11.1 Å². The summed E-state index contributed by atoms with van der Waals surface area (Å²) in [4.78, 5) is 11.7. The first-order valence-electron chi connectivity index (χ1n) is 7.44. The van der Waals surface area contributed by atoms with Crippen molar-refractivity contribution in [3.63, 3.8) is 0 Å². The van der Waals surface area contributed by atoms with Gasteiger partial charge in [-0.1, -0.05) is 45.0 Å². The van der Waals surface area contributed by atoms with E-state index < -0.39 is 0 Å². The van der Waals surface area contributed by atoms with Crippen LogP contribution >= 0.6 is 12.4 Å². The molecule has 1 aromatic heterocycles. The van der Waals surface area contributed by atoms with Crippen LogP contribution in [0.5, 0.6) is 0 Å². The second kappa shape index (κ2) is 10.0. The van der Waals surface area contributed by atoms with Crippen molar-refractivity contribution < 1.29 is 0 Å². The number of anilines is 1. The Hall–Kier alpha value is -1.85. The normalized spacial score (nSPS) is 9.70. The zero-order valence-electron chi connectivity index (χ0n) is 14.5. The van der Waals surface area contributed by atoms with Crippen molar-refractivity contribution in [2.24, 2.45) is 18.7 Å². The van der Waals surface area contributed by atoms with Crippen molar-refractivity contribution in [1.29, 1.82) is 0 Å². The lowest BCUT2D eigenvalue weighted by Gasteiger charge is -2.07. The molecule has 0 fully saturated rings. The number of halogens is 1. The molecule has 0 saturated carbocycles. The summed E-state index contributed by atoms with van der Waals surface area (Å²) in [6.45, 7) is 7.02. The zero-order valence-corrected chi connectivity index (χ0v) is 15.3. The summed E-state index contributed by atoms with van der Waals surface area (Å²) >= 11 is 0. The van der Waals surface area contributed by atoms with Gasteiger partial charge in [0.1, 0.15) is 5.69 Å². The lowest BCUT2D eigenvalue weighted by Crippen LogP contribution is -2.22. The monoisotopic (exact) mass is 338 g/mol. The lowest BCUT2D eigenvalue weighted by atomic mass is 10.1. The van der Waals surface area contributed by atoms with Gasteiger partial charge in [-0.25, -0.2) is 4.68 Å². The van der Waals surface area contributed by atoms with E-state index in [9.17, 15) is 4.79 Å². The van der Waals surface area contributed by atoms with Crippen molar-refractivity contribution in [3.05, 3.63) is 46.2 Å². The van der Waals surface area contributed by atoms with Crippen molar-refractivity contribution in [1.82, 2.24) is 9.78 Å². The van der Waals surface area contributed by atoms with Gasteiger partial charge in [0.15, 0.2) is 0 Å². The van der Waals surface area contributed by atoms with E-state index >= 15 is 0 Å². The van der Waals surface area contributed by atoms with Crippen molar-refractivity contribution in [2.45, 2.75) is 27.3 Å². The highest BCUT2D eigenvalue weighted by Crippen LogP contribution is 2.18. The second-order valence-corrected chi connectivity index (χ2v) is 5.76. The van der Waals surface area contributed by atoms with Crippen LogP contribution in [-0.4, -0.2) is 16.8 Å². The summed E-state index contributed by atoms with van der Waals surface area (Å²) in [7, 11) is 3.36. The molecule has 0 aliphatic rings. The molecule has 5 nitrogen and oxygen atoms in total. The number of benzene rings is 1. The number of hydrogen-bond acceptors (Lipinski definition) is 4. The molecule has 128 valence electrons. The van der Waals surface area contributed by atoms with E-state index in [2.05, 4.69) is 31.2 Å². The maximum atomic E-state index is 11.7.